The van der Waals surface area contributed by atoms with E-state index in [4.69, 9.17) is 11.1 Å². The number of carbonyl (C=O) groups is 2. The smallest absolute Gasteiger partial charge is 0.245 e. The summed E-state index contributed by atoms with van der Waals surface area (Å²) in [6, 6.07) is 14.7. The molecule has 10 heteroatoms. The average Bonchev–Trinajstić information content (AvgIpc) is 3.28. The summed E-state index contributed by atoms with van der Waals surface area (Å²) in [7, 11) is -3.66. The molecule has 0 saturated carbocycles. The lowest BCUT2D eigenvalue weighted by Crippen LogP contribution is -2.53. The summed E-state index contributed by atoms with van der Waals surface area (Å²) in [5.41, 5.74) is 7.88. The van der Waals surface area contributed by atoms with Crippen molar-refractivity contribution >= 4 is 27.7 Å². The third kappa shape index (κ3) is 6.96. The van der Waals surface area contributed by atoms with Gasteiger partial charge in [-0.2, -0.15) is 0 Å². The van der Waals surface area contributed by atoms with Crippen molar-refractivity contribution in [2.24, 2.45) is 5.73 Å². The molecule has 1 saturated heterocycles. The first-order valence-electron chi connectivity index (χ1n) is 11.2. The highest BCUT2D eigenvalue weighted by Crippen LogP contribution is 2.21. The van der Waals surface area contributed by atoms with Crippen molar-refractivity contribution in [2.75, 3.05) is 12.3 Å². The molecule has 0 unspecified atom stereocenters. The minimum atomic E-state index is -3.66. The molecule has 3 rings (SSSR count). The SMILES string of the molecule is CCS(=O)(=O)N[C@H](Cc1ccccc1)C(=O)NC(=O)[C@@H]1CCCN1Cc1ccc(C(=N)N)cc1. The van der Waals surface area contributed by atoms with E-state index in [-0.39, 0.29) is 18.0 Å². The summed E-state index contributed by atoms with van der Waals surface area (Å²) in [4.78, 5) is 28.0. The highest BCUT2D eigenvalue weighted by atomic mass is 32.2. The van der Waals surface area contributed by atoms with Crippen LogP contribution in [0.4, 0.5) is 0 Å². The highest BCUT2D eigenvalue weighted by Gasteiger charge is 2.33. The van der Waals surface area contributed by atoms with Gasteiger partial charge in [0.25, 0.3) is 0 Å². The predicted octanol–water partition coefficient (Wildman–Crippen LogP) is 1.13. The van der Waals surface area contributed by atoms with Crippen LogP contribution in [0.5, 0.6) is 0 Å². The molecule has 2 amide bonds. The van der Waals surface area contributed by atoms with Crippen LogP contribution in [0.25, 0.3) is 0 Å². The molecule has 1 aliphatic heterocycles. The molecule has 182 valence electrons. The third-order valence-corrected chi connectivity index (χ3v) is 7.27. The Bertz CT molecular complexity index is 1120. The van der Waals surface area contributed by atoms with Gasteiger partial charge >= 0.3 is 0 Å². The van der Waals surface area contributed by atoms with E-state index in [9.17, 15) is 18.0 Å². The molecule has 0 radical (unpaired) electrons. The summed E-state index contributed by atoms with van der Waals surface area (Å²) >= 11 is 0. The maximum Gasteiger partial charge on any atom is 0.245 e. The van der Waals surface area contributed by atoms with Crippen LogP contribution >= 0.6 is 0 Å². The second-order valence-corrected chi connectivity index (χ2v) is 10.4. The van der Waals surface area contributed by atoms with E-state index < -0.39 is 33.9 Å². The highest BCUT2D eigenvalue weighted by molar-refractivity contribution is 7.89. The van der Waals surface area contributed by atoms with Crippen LogP contribution in [0, 0.1) is 5.41 Å². The van der Waals surface area contributed by atoms with Gasteiger partial charge in [-0.05, 0) is 43.9 Å². The number of nitrogens with zero attached hydrogens (tertiary/aromatic N) is 1. The van der Waals surface area contributed by atoms with Gasteiger partial charge in [0.15, 0.2) is 0 Å². The van der Waals surface area contributed by atoms with Gasteiger partial charge in [0, 0.05) is 12.1 Å². The maximum atomic E-state index is 13.0. The minimum absolute atomic E-state index is 0.00718. The van der Waals surface area contributed by atoms with Crippen molar-refractivity contribution in [3.63, 3.8) is 0 Å². The number of carbonyl (C=O) groups excluding carboxylic acids is 2. The lowest BCUT2D eigenvalue weighted by Gasteiger charge is -2.25. The fourth-order valence-corrected chi connectivity index (χ4v) is 4.76. The first kappa shape index (κ1) is 25.5. The second-order valence-electron chi connectivity index (χ2n) is 8.36. The summed E-state index contributed by atoms with van der Waals surface area (Å²) < 4.78 is 26.7. The van der Waals surface area contributed by atoms with Crippen molar-refractivity contribution < 1.29 is 18.0 Å². The maximum absolute atomic E-state index is 13.0. The van der Waals surface area contributed by atoms with Gasteiger partial charge in [-0.15, -0.1) is 0 Å². The van der Waals surface area contributed by atoms with Gasteiger partial charge in [0.05, 0.1) is 11.8 Å². The molecule has 1 fully saturated rings. The number of likely N-dealkylation sites (tertiary alicyclic amines) is 1. The third-order valence-electron chi connectivity index (χ3n) is 5.86. The topological polar surface area (TPSA) is 145 Å². The van der Waals surface area contributed by atoms with Gasteiger partial charge in [-0.3, -0.25) is 25.2 Å². The Balaban J connectivity index is 1.67. The van der Waals surface area contributed by atoms with E-state index in [0.717, 1.165) is 17.5 Å². The number of sulfonamides is 1. The van der Waals surface area contributed by atoms with Crippen molar-refractivity contribution in [3.05, 3.63) is 71.3 Å². The Morgan fingerprint density at radius 2 is 1.79 bits per heavy atom. The zero-order valence-corrected chi connectivity index (χ0v) is 20.0. The van der Waals surface area contributed by atoms with E-state index in [1.54, 1.807) is 24.3 Å². The molecule has 2 atom stereocenters. The number of imide groups is 1. The van der Waals surface area contributed by atoms with Gasteiger partial charge in [0.2, 0.25) is 21.8 Å². The molecule has 2 aromatic carbocycles. The molecule has 1 heterocycles. The van der Waals surface area contributed by atoms with Gasteiger partial charge < -0.3 is 5.73 Å². The van der Waals surface area contributed by atoms with Crippen molar-refractivity contribution in [1.29, 1.82) is 5.41 Å². The zero-order valence-electron chi connectivity index (χ0n) is 19.2. The molecular weight excluding hydrogens is 454 g/mol. The summed E-state index contributed by atoms with van der Waals surface area (Å²) in [6.07, 6.45) is 1.55. The van der Waals surface area contributed by atoms with Crippen molar-refractivity contribution in [2.45, 2.75) is 44.8 Å². The Morgan fingerprint density at radius 1 is 1.12 bits per heavy atom. The molecule has 9 nitrogen and oxygen atoms in total. The first-order valence-corrected chi connectivity index (χ1v) is 12.9. The fraction of sp³-hybridized carbons (Fsp3) is 0.375. The summed E-state index contributed by atoms with van der Waals surface area (Å²) in [5.74, 6) is -1.27. The zero-order chi connectivity index (χ0) is 24.7. The number of rotatable bonds is 10. The molecule has 0 spiro atoms. The fourth-order valence-electron chi connectivity index (χ4n) is 3.97. The largest absolute Gasteiger partial charge is 0.384 e. The van der Waals surface area contributed by atoms with Crippen molar-refractivity contribution in [1.82, 2.24) is 14.9 Å². The average molecular weight is 486 g/mol. The van der Waals surface area contributed by atoms with E-state index in [0.29, 0.717) is 25.1 Å². The molecule has 2 aromatic rings. The van der Waals surface area contributed by atoms with Crippen LogP contribution < -0.4 is 15.8 Å². The van der Waals surface area contributed by atoms with Crippen molar-refractivity contribution in [3.8, 4) is 0 Å². The molecule has 34 heavy (non-hydrogen) atoms. The molecular formula is C24H31N5O4S. The number of benzene rings is 2. The predicted molar refractivity (Wildman–Crippen MR) is 131 cm³/mol. The number of nitrogen functional groups attached to an aromatic ring is 1. The lowest BCUT2D eigenvalue weighted by molar-refractivity contribution is -0.134. The van der Waals surface area contributed by atoms with Crippen LogP contribution in [-0.4, -0.2) is 55.3 Å². The molecule has 0 aromatic heterocycles. The van der Waals surface area contributed by atoms with Crippen LogP contribution in [0.15, 0.2) is 54.6 Å². The normalized spacial score (nSPS) is 17.3. The van der Waals surface area contributed by atoms with Crippen LogP contribution in [0.2, 0.25) is 0 Å². The molecule has 5 N–H and O–H groups in total. The Kier molecular flexibility index (Phi) is 8.54. The van der Waals surface area contributed by atoms with Gasteiger partial charge in [-0.25, -0.2) is 13.1 Å². The number of hydrogen-bond acceptors (Lipinski definition) is 6. The Hall–Kier alpha value is -3.08. The van der Waals surface area contributed by atoms with Gasteiger partial charge in [0.1, 0.15) is 11.9 Å². The summed E-state index contributed by atoms with van der Waals surface area (Å²) in [5, 5.41) is 9.93. The Morgan fingerprint density at radius 3 is 2.41 bits per heavy atom. The van der Waals surface area contributed by atoms with E-state index in [2.05, 4.69) is 10.0 Å². The summed E-state index contributed by atoms with van der Waals surface area (Å²) in [6.45, 7) is 2.71. The van der Waals surface area contributed by atoms with Gasteiger partial charge in [-0.1, -0.05) is 54.6 Å². The number of amidine groups is 1. The standard InChI is InChI=1S/C24H31N5O4S/c1-2-34(32,33)28-20(15-17-7-4-3-5-8-17)23(30)27-24(31)21-9-6-14-29(21)16-18-10-12-19(13-11-18)22(25)26/h3-5,7-8,10-13,20-21,28H,2,6,9,14-16H2,1H3,(H3,25,26)(H,27,30,31)/t20-,21+/m1/s1. The molecule has 0 aliphatic carbocycles. The van der Waals surface area contributed by atoms with Crippen LogP contribution in [-0.2, 0) is 32.6 Å². The lowest BCUT2D eigenvalue weighted by atomic mass is 10.1. The van der Waals surface area contributed by atoms with E-state index in [1.807, 2.05) is 35.2 Å². The van der Waals surface area contributed by atoms with E-state index in [1.165, 1.54) is 6.92 Å². The number of nitrogens with two attached hydrogens (primary N) is 1. The van der Waals surface area contributed by atoms with Crippen LogP contribution in [0.3, 0.4) is 0 Å². The number of nitrogens with one attached hydrogen (secondary N) is 3. The molecule has 1 aliphatic rings. The number of hydrogen-bond donors (Lipinski definition) is 4. The Labute approximate surface area is 200 Å². The first-order chi connectivity index (χ1) is 16.2. The monoisotopic (exact) mass is 485 g/mol. The second kappa shape index (κ2) is 11.4. The van der Waals surface area contributed by atoms with E-state index >= 15 is 0 Å². The van der Waals surface area contributed by atoms with Crippen LogP contribution in [0.1, 0.15) is 36.5 Å². The number of amides is 2. The minimum Gasteiger partial charge on any atom is -0.384 e. The quantitative estimate of drug-likeness (QED) is 0.293. The molecule has 0 bridgehead atoms.